The Morgan fingerprint density at radius 1 is 1.32 bits per heavy atom. The van der Waals surface area contributed by atoms with E-state index in [2.05, 4.69) is 0 Å². The smallest absolute Gasteiger partial charge is 0.139 e. The zero-order chi connectivity index (χ0) is 14.3. The Kier molecular flexibility index (Phi) is 7.49. The van der Waals surface area contributed by atoms with Crippen molar-refractivity contribution in [3.63, 3.8) is 0 Å². The lowest BCUT2D eigenvalue weighted by Gasteiger charge is -2.15. The zero-order valence-electron chi connectivity index (χ0n) is 11.1. The van der Waals surface area contributed by atoms with Gasteiger partial charge in [-0.3, -0.25) is 0 Å². The molecule has 0 aliphatic carbocycles. The average molecular weight is 309 g/mol. The first-order chi connectivity index (χ1) is 9.02. The normalized spacial score (nSPS) is 14.2. The van der Waals surface area contributed by atoms with Crippen molar-refractivity contribution in [1.82, 2.24) is 0 Å². The zero-order valence-corrected chi connectivity index (χ0v) is 12.6. The Hall–Kier alpha value is -0.520. The highest BCUT2D eigenvalue weighted by atomic mass is 35.5. The predicted molar refractivity (Wildman–Crippen MR) is 76.1 cm³/mol. The number of aliphatic hydroxyl groups is 1. The van der Waals surface area contributed by atoms with Crippen LogP contribution in [0.2, 0.25) is 10.0 Å². The molecule has 0 unspecified atom stereocenters. The van der Waals surface area contributed by atoms with E-state index in [9.17, 15) is 5.11 Å². The number of nitrogens with two attached hydrogens (primary N) is 1. The molecule has 0 heterocycles. The Labute approximate surface area is 123 Å². The molecule has 4 nitrogen and oxygen atoms in total. The van der Waals surface area contributed by atoms with Gasteiger partial charge in [-0.15, -0.1) is 0 Å². The molecular formula is C13H20Cl2NO3+. The summed E-state index contributed by atoms with van der Waals surface area (Å²) in [6.45, 7) is 3.40. The van der Waals surface area contributed by atoms with Crippen molar-refractivity contribution in [3.05, 3.63) is 28.2 Å². The number of ether oxygens (including phenoxy) is 2. The van der Waals surface area contributed by atoms with Gasteiger partial charge >= 0.3 is 0 Å². The van der Waals surface area contributed by atoms with Gasteiger partial charge in [-0.1, -0.05) is 23.2 Å². The van der Waals surface area contributed by atoms with Crippen molar-refractivity contribution in [2.75, 3.05) is 26.9 Å². The Bertz CT molecular complexity index is 390. The molecule has 0 aromatic heterocycles. The molecule has 6 heteroatoms. The van der Waals surface area contributed by atoms with E-state index in [1.807, 2.05) is 12.2 Å². The highest BCUT2D eigenvalue weighted by molar-refractivity contribution is 6.34. The molecule has 0 radical (unpaired) electrons. The summed E-state index contributed by atoms with van der Waals surface area (Å²) in [5.74, 6) is 0.484. The average Bonchev–Trinajstić information content (AvgIpc) is 2.38. The molecule has 0 spiro atoms. The number of benzene rings is 1. The van der Waals surface area contributed by atoms with Crippen molar-refractivity contribution in [2.24, 2.45) is 0 Å². The van der Waals surface area contributed by atoms with Crippen LogP contribution in [0.4, 0.5) is 0 Å². The van der Waals surface area contributed by atoms with Gasteiger partial charge in [-0.05, 0) is 19.1 Å². The fraction of sp³-hybridized carbons (Fsp3) is 0.538. The molecule has 3 N–H and O–H groups in total. The number of hydrogen-bond acceptors (Lipinski definition) is 3. The molecule has 0 aliphatic heterocycles. The standard InChI is InChI=1S/C13H19Cl2NO3/c1-9(7-18-2)16-6-11(17)8-19-13-5-10(14)3-4-12(13)15/h3-5,9,11,16-17H,6-8H2,1-2H3/p+1/t9-,11+/m1/s1. The van der Waals surface area contributed by atoms with Crippen LogP contribution in [0.5, 0.6) is 5.75 Å². The molecule has 2 atom stereocenters. The largest absolute Gasteiger partial charge is 0.489 e. The first kappa shape index (κ1) is 16.5. The van der Waals surface area contributed by atoms with Crippen LogP contribution < -0.4 is 10.1 Å². The number of quaternary nitrogens is 1. The molecule has 0 fully saturated rings. The monoisotopic (exact) mass is 308 g/mol. The van der Waals surface area contributed by atoms with Crippen molar-refractivity contribution >= 4 is 23.2 Å². The lowest BCUT2D eigenvalue weighted by atomic mass is 10.3. The first-order valence-corrected chi connectivity index (χ1v) is 6.86. The van der Waals surface area contributed by atoms with Gasteiger partial charge in [-0.2, -0.15) is 0 Å². The highest BCUT2D eigenvalue weighted by Gasteiger charge is 2.12. The summed E-state index contributed by atoms with van der Waals surface area (Å²) >= 11 is 11.8. The van der Waals surface area contributed by atoms with Crippen molar-refractivity contribution in [3.8, 4) is 5.75 Å². The molecular weight excluding hydrogens is 289 g/mol. The van der Waals surface area contributed by atoms with Crippen molar-refractivity contribution in [2.45, 2.75) is 19.1 Å². The molecule has 1 rings (SSSR count). The number of hydrogen-bond donors (Lipinski definition) is 2. The number of methoxy groups -OCH3 is 1. The fourth-order valence-electron chi connectivity index (χ4n) is 1.56. The van der Waals surface area contributed by atoms with Gasteiger partial charge in [0.1, 0.15) is 31.0 Å². The molecule has 0 saturated carbocycles. The van der Waals surface area contributed by atoms with Gasteiger partial charge in [0.25, 0.3) is 0 Å². The minimum atomic E-state index is -0.575. The second kappa shape index (κ2) is 8.61. The van der Waals surface area contributed by atoms with E-state index in [1.165, 1.54) is 0 Å². The maximum absolute atomic E-state index is 9.81. The molecule has 1 aromatic rings. The molecule has 1 aromatic carbocycles. The molecule has 0 saturated heterocycles. The lowest BCUT2D eigenvalue weighted by Crippen LogP contribution is -2.92. The third-order valence-corrected chi connectivity index (χ3v) is 3.11. The SMILES string of the molecule is COC[C@@H](C)[NH2+]C[C@H](O)COc1cc(Cl)ccc1Cl. The van der Waals surface area contributed by atoms with Gasteiger partial charge in [0.15, 0.2) is 0 Å². The van der Waals surface area contributed by atoms with Crippen LogP contribution in [0.3, 0.4) is 0 Å². The van der Waals surface area contributed by atoms with Crippen LogP contribution >= 0.6 is 23.2 Å². The van der Waals surface area contributed by atoms with Crippen LogP contribution in [-0.4, -0.2) is 44.1 Å². The predicted octanol–water partition coefficient (Wildman–Crippen LogP) is 1.33. The van der Waals surface area contributed by atoms with E-state index in [4.69, 9.17) is 32.7 Å². The molecule has 108 valence electrons. The van der Waals surface area contributed by atoms with Gasteiger partial charge in [0.2, 0.25) is 0 Å². The van der Waals surface area contributed by atoms with Crippen LogP contribution in [0.25, 0.3) is 0 Å². The number of aliphatic hydroxyl groups excluding tert-OH is 1. The summed E-state index contributed by atoms with van der Waals surface area (Å²) < 4.78 is 10.5. The Morgan fingerprint density at radius 3 is 2.74 bits per heavy atom. The summed E-state index contributed by atoms with van der Waals surface area (Å²) in [4.78, 5) is 0. The van der Waals surface area contributed by atoms with Crippen molar-refractivity contribution < 1.29 is 19.9 Å². The number of rotatable bonds is 8. The summed E-state index contributed by atoms with van der Waals surface area (Å²) in [6.07, 6.45) is -0.575. The Morgan fingerprint density at radius 2 is 2.05 bits per heavy atom. The van der Waals surface area contributed by atoms with Crippen LogP contribution in [0, 0.1) is 0 Å². The van der Waals surface area contributed by atoms with E-state index in [0.717, 1.165) is 0 Å². The van der Waals surface area contributed by atoms with Crippen LogP contribution in [0.1, 0.15) is 6.92 Å². The Balaban J connectivity index is 2.33. The van der Waals surface area contributed by atoms with E-state index < -0.39 is 6.10 Å². The molecule has 0 aliphatic rings. The molecule has 0 amide bonds. The minimum absolute atomic E-state index is 0.177. The van der Waals surface area contributed by atoms with Gasteiger partial charge in [0.05, 0.1) is 11.6 Å². The van der Waals surface area contributed by atoms with Gasteiger partial charge in [0, 0.05) is 18.2 Å². The van der Waals surface area contributed by atoms with Gasteiger partial charge in [-0.25, -0.2) is 0 Å². The maximum Gasteiger partial charge on any atom is 0.139 e. The maximum atomic E-state index is 9.81. The molecule has 19 heavy (non-hydrogen) atoms. The third-order valence-electron chi connectivity index (χ3n) is 2.56. The fourth-order valence-corrected chi connectivity index (χ4v) is 1.90. The second-order valence-electron chi connectivity index (χ2n) is 4.44. The van der Waals surface area contributed by atoms with Crippen LogP contribution in [0.15, 0.2) is 18.2 Å². The first-order valence-electron chi connectivity index (χ1n) is 6.11. The quantitative estimate of drug-likeness (QED) is 0.762. The minimum Gasteiger partial charge on any atom is -0.489 e. The number of halogens is 2. The summed E-state index contributed by atoms with van der Waals surface area (Å²) in [7, 11) is 1.66. The summed E-state index contributed by atoms with van der Waals surface area (Å²) in [5, 5.41) is 12.9. The van der Waals surface area contributed by atoms with E-state index >= 15 is 0 Å². The van der Waals surface area contributed by atoms with Crippen molar-refractivity contribution in [1.29, 1.82) is 0 Å². The van der Waals surface area contributed by atoms with Gasteiger partial charge < -0.3 is 19.9 Å². The highest BCUT2D eigenvalue weighted by Crippen LogP contribution is 2.27. The summed E-state index contributed by atoms with van der Waals surface area (Å²) in [6, 6.07) is 5.29. The topological polar surface area (TPSA) is 55.3 Å². The van der Waals surface area contributed by atoms with E-state index in [1.54, 1.807) is 25.3 Å². The van der Waals surface area contributed by atoms with E-state index in [-0.39, 0.29) is 6.61 Å². The summed E-state index contributed by atoms with van der Waals surface area (Å²) in [5.41, 5.74) is 0. The lowest BCUT2D eigenvalue weighted by molar-refractivity contribution is -0.693. The second-order valence-corrected chi connectivity index (χ2v) is 5.29. The van der Waals surface area contributed by atoms with Crippen LogP contribution in [-0.2, 0) is 4.74 Å². The molecule has 0 bridgehead atoms. The third kappa shape index (κ3) is 6.45. The van der Waals surface area contributed by atoms with E-state index in [0.29, 0.717) is 35.0 Å².